The highest BCUT2D eigenvalue weighted by Crippen LogP contribution is 2.27. The zero-order valence-corrected chi connectivity index (χ0v) is 17.3. The van der Waals surface area contributed by atoms with Crippen LogP contribution in [0.25, 0.3) is 16.3 Å². The van der Waals surface area contributed by atoms with Gasteiger partial charge in [0.2, 0.25) is 0 Å². The van der Waals surface area contributed by atoms with Gasteiger partial charge in [-0.15, -0.1) is 11.3 Å². The molecule has 0 saturated carbocycles. The molecule has 29 heavy (non-hydrogen) atoms. The Morgan fingerprint density at radius 1 is 1.14 bits per heavy atom. The van der Waals surface area contributed by atoms with Gasteiger partial charge in [-0.05, 0) is 44.0 Å². The number of hydrogen-bond donors (Lipinski definition) is 1. The minimum Gasteiger partial charge on any atom is -0.344 e. The van der Waals surface area contributed by atoms with Gasteiger partial charge in [0, 0.05) is 10.9 Å². The second-order valence-electron chi connectivity index (χ2n) is 6.98. The van der Waals surface area contributed by atoms with Crippen LogP contribution < -0.4 is 5.32 Å². The van der Waals surface area contributed by atoms with Crippen molar-refractivity contribution < 1.29 is 4.79 Å². The van der Waals surface area contributed by atoms with Gasteiger partial charge in [0.1, 0.15) is 23.4 Å². The molecular formula is C22H21N5OS. The summed E-state index contributed by atoms with van der Waals surface area (Å²) in [5.41, 5.74) is 5.80. The predicted molar refractivity (Wildman–Crippen MR) is 114 cm³/mol. The summed E-state index contributed by atoms with van der Waals surface area (Å²) < 4.78 is 1.69. The van der Waals surface area contributed by atoms with Gasteiger partial charge in [0.25, 0.3) is 5.91 Å². The number of nitrogens with one attached hydrogen (secondary N) is 1. The van der Waals surface area contributed by atoms with Crippen LogP contribution in [0.3, 0.4) is 0 Å². The minimum atomic E-state index is -0.176. The van der Waals surface area contributed by atoms with Crippen molar-refractivity contribution >= 4 is 17.2 Å². The second kappa shape index (κ2) is 7.97. The van der Waals surface area contributed by atoms with E-state index in [2.05, 4.69) is 52.4 Å². The first-order valence-corrected chi connectivity index (χ1v) is 10.2. The summed E-state index contributed by atoms with van der Waals surface area (Å²) in [4.78, 5) is 21.2. The molecule has 2 aromatic carbocycles. The standard InChI is InChI=1S/C22H21N5OS/c1-14-4-9-19(15(2)10-14)22-26-20(11-29-22)21(28)25-16(3)17-5-7-18(8-6-17)27-13-23-12-24-27/h4-13,16H,1-3H3,(H,25,28). The molecule has 0 aliphatic rings. The molecule has 2 heterocycles. The maximum Gasteiger partial charge on any atom is 0.271 e. The van der Waals surface area contributed by atoms with Crippen LogP contribution in [-0.2, 0) is 0 Å². The number of rotatable bonds is 5. The van der Waals surface area contributed by atoms with Gasteiger partial charge in [0.15, 0.2) is 0 Å². The SMILES string of the molecule is Cc1ccc(-c2nc(C(=O)NC(C)c3ccc(-n4cncn4)cc3)cs2)c(C)c1. The van der Waals surface area contributed by atoms with Gasteiger partial charge in [-0.1, -0.05) is 35.9 Å². The molecule has 6 nitrogen and oxygen atoms in total. The lowest BCUT2D eigenvalue weighted by Gasteiger charge is -2.14. The first-order valence-electron chi connectivity index (χ1n) is 9.30. The Bertz CT molecular complexity index is 1130. The van der Waals surface area contributed by atoms with E-state index < -0.39 is 0 Å². The zero-order valence-electron chi connectivity index (χ0n) is 16.5. The third-order valence-electron chi connectivity index (χ3n) is 4.77. The van der Waals surface area contributed by atoms with Crippen LogP contribution in [0.2, 0.25) is 0 Å². The van der Waals surface area contributed by atoms with E-state index in [-0.39, 0.29) is 11.9 Å². The van der Waals surface area contributed by atoms with Gasteiger partial charge in [-0.2, -0.15) is 5.10 Å². The highest BCUT2D eigenvalue weighted by atomic mass is 32.1. The fourth-order valence-electron chi connectivity index (χ4n) is 3.17. The average Bonchev–Trinajstić information content (AvgIpc) is 3.40. The highest BCUT2D eigenvalue weighted by molar-refractivity contribution is 7.13. The van der Waals surface area contributed by atoms with E-state index in [1.54, 1.807) is 11.0 Å². The normalized spacial score (nSPS) is 12.0. The van der Waals surface area contributed by atoms with Gasteiger partial charge in [0.05, 0.1) is 11.7 Å². The fraction of sp³-hybridized carbons (Fsp3) is 0.182. The molecule has 7 heteroatoms. The van der Waals surface area contributed by atoms with E-state index in [4.69, 9.17) is 0 Å². The third kappa shape index (κ3) is 4.09. The van der Waals surface area contributed by atoms with E-state index in [0.717, 1.165) is 27.4 Å². The molecule has 1 N–H and O–H groups in total. The summed E-state index contributed by atoms with van der Waals surface area (Å²) in [7, 11) is 0. The van der Waals surface area contributed by atoms with Crippen LogP contribution in [0.5, 0.6) is 0 Å². The zero-order chi connectivity index (χ0) is 20.4. The minimum absolute atomic E-state index is 0.140. The molecule has 0 spiro atoms. The molecule has 1 atom stereocenters. The summed E-state index contributed by atoms with van der Waals surface area (Å²) in [5, 5.41) is 9.81. The Hall–Kier alpha value is -3.32. The number of thiazole rings is 1. The third-order valence-corrected chi connectivity index (χ3v) is 5.65. The van der Waals surface area contributed by atoms with Crippen LogP contribution in [0.1, 0.15) is 40.1 Å². The number of carbonyl (C=O) groups is 1. The Balaban J connectivity index is 1.46. The first kappa shape index (κ1) is 19.0. The summed E-state index contributed by atoms with van der Waals surface area (Å²) in [5.74, 6) is -0.176. The molecule has 0 fully saturated rings. The summed E-state index contributed by atoms with van der Waals surface area (Å²) in [6.07, 6.45) is 3.15. The predicted octanol–water partition coefficient (Wildman–Crippen LogP) is 4.50. The van der Waals surface area contributed by atoms with Crippen LogP contribution in [-0.4, -0.2) is 25.7 Å². The second-order valence-corrected chi connectivity index (χ2v) is 7.84. The lowest BCUT2D eigenvalue weighted by atomic mass is 10.1. The molecule has 1 amide bonds. The number of amides is 1. The number of hydrogen-bond acceptors (Lipinski definition) is 5. The maximum absolute atomic E-state index is 12.7. The van der Waals surface area contributed by atoms with Crippen molar-refractivity contribution in [2.45, 2.75) is 26.8 Å². The van der Waals surface area contributed by atoms with E-state index >= 15 is 0 Å². The van der Waals surface area contributed by atoms with Crippen molar-refractivity contribution in [2.24, 2.45) is 0 Å². The maximum atomic E-state index is 12.7. The molecular weight excluding hydrogens is 382 g/mol. The first-order chi connectivity index (χ1) is 14.0. The van der Waals surface area contributed by atoms with Gasteiger partial charge in [-0.25, -0.2) is 14.6 Å². The van der Waals surface area contributed by atoms with E-state index in [0.29, 0.717) is 5.69 Å². The number of benzene rings is 2. The van der Waals surface area contributed by atoms with E-state index in [1.165, 1.54) is 23.2 Å². The lowest BCUT2D eigenvalue weighted by molar-refractivity contribution is 0.0935. The molecule has 4 aromatic rings. The number of aryl methyl sites for hydroxylation is 2. The lowest BCUT2D eigenvalue weighted by Crippen LogP contribution is -2.26. The molecule has 0 saturated heterocycles. The molecule has 146 valence electrons. The molecule has 2 aromatic heterocycles. The molecule has 0 aliphatic carbocycles. The smallest absolute Gasteiger partial charge is 0.271 e. The molecule has 1 unspecified atom stereocenters. The number of aromatic nitrogens is 4. The van der Waals surface area contributed by atoms with Crippen LogP contribution in [0.15, 0.2) is 60.5 Å². The van der Waals surface area contributed by atoms with E-state index in [1.807, 2.05) is 36.6 Å². The fourth-order valence-corrected chi connectivity index (χ4v) is 4.06. The van der Waals surface area contributed by atoms with Gasteiger partial charge >= 0.3 is 0 Å². The Kier molecular flexibility index (Phi) is 5.22. The van der Waals surface area contributed by atoms with Crippen molar-refractivity contribution in [2.75, 3.05) is 0 Å². The van der Waals surface area contributed by atoms with Crippen molar-refractivity contribution in [3.63, 3.8) is 0 Å². The van der Waals surface area contributed by atoms with Crippen molar-refractivity contribution in [1.82, 2.24) is 25.1 Å². The van der Waals surface area contributed by atoms with E-state index in [9.17, 15) is 4.79 Å². The van der Waals surface area contributed by atoms with Crippen molar-refractivity contribution in [1.29, 1.82) is 0 Å². The van der Waals surface area contributed by atoms with Crippen molar-refractivity contribution in [3.8, 4) is 16.3 Å². The topological polar surface area (TPSA) is 72.7 Å². The summed E-state index contributed by atoms with van der Waals surface area (Å²) >= 11 is 1.49. The largest absolute Gasteiger partial charge is 0.344 e. The monoisotopic (exact) mass is 403 g/mol. The highest BCUT2D eigenvalue weighted by Gasteiger charge is 2.16. The molecule has 0 bridgehead atoms. The van der Waals surface area contributed by atoms with Gasteiger partial charge < -0.3 is 5.32 Å². The summed E-state index contributed by atoms with van der Waals surface area (Å²) in [6.45, 7) is 6.09. The molecule has 4 rings (SSSR count). The summed E-state index contributed by atoms with van der Waals surface area (Å²) in [6, 6.07) is 14.0. The molecule has 0 radical (unpaired) electrons. The molecule has 0 aliphatic heterocycles. The van der Waals surface area contributed by atoms with Crippen molar-refractivity contribution in [3.05, 3.63) is 82.9 Å². The quantitative estimate of drug-likeness (QED) is 0.533. The van der Waals surface area contributed by atoms with Crippen LogP contribution in [0, 0.1) is 13.8 Å². The Morgan fingerprint density at radius 2 is 1.93 bits per heavy atom. The number of carbonyl (C=O) groups excluding carboxylic acids is 1. The Morgan fingerprint density at radius 3 is 2.62 bits per heavy atom. The van der Waals surface area contributed by atoms with Crippen LogP contribution >= 0.6 is 11.3 Å². The number of nitrogens with zero attached hydrogens (tertiary/aromatic N) is 4. The average molecular weight is 404 g/mol. The van der Waals surface area contributed by atoms with Crippen LogP contribution in [0.4, 0.5) is 0 Å². The van der Waals surface area contributed by atoms with Gasteiger partial charge in [-0.3, -0.25) is 4.79 Å². The Labute approximate surface area is 173 Å².